The number of benzene rings is 3. The zero-order valence-electron chi connectivity index (χ0n) is 17.3. The molecule has 0 unspecified atom stereocenters. The number of rotatable bonds is 7. The van der Waals surface area contributed by atoms with Crippen LogP contribution in [-0.2, 0) is 16.6 Å². The molecule has 0 aliphatic rings. The van der Waals surface area contributed by atoms with E-state index in [1.165, 1.54) is 18.3 Å². The lowest BCUT2D eigenvalue weighted by Crippen LogP contribution is -2.13. The molecule has 3 aromatic carbocycles. The number of hydrogen-bond donors (Lipinski definition) is 1. The van der Waals surface area contributed by atoms with E-state index in [0.29, 0.717) is 16.7 Å². The van der Waals surface area contributed by atoms with Crippen molar-refractivity contribution < 1.29 is 17.9 Å². The van der Waals surface area contributed by atoms with Crippen LogP contribution in [0.1, 0.15) is 21.5 Å². The first-order valence-corrected chi connectivity index (χ1v) is 11.3. The van der Waals surface area contributed by atoms with Crippen molar-refractivity contribution in [3.05, 3.63) is 102 Å². The quantitative estimate of drug-likeness (QED) is 0.464. The number of hydrogen-bond acceptors (Lipinski definition) is 5. The maximum absolute atomic E-state index is 13.1. The topological polar surface area (TPSA) is 104 Å². The van der Waals surface area contributed by atoms with E-state index < -0.39 is 15.9 Å². The number of aromatic nitrogens is 2. The minimum Gasteiger partial charge on any atom is -0.471 e. The number of primary amides is 1. The molecule has 162 valence electrons. The minimum atomic E-state index is -3.92. The number of carbonyl (C=O) groups excluding carboxylic acids is 1. The van der Waals surface area contributed by atoms with Crippen molar-refractivity contribution in [1.82, 2.24) is 9.19 Å². The van der Waals surface area contributed by atoms with E-state index in [2.05, 4.69) is 5.10 Å². The standard InChI is InChI=1S/C24H21N3O4S/c1-17-7-13-21(14-8-17)32(29,30)27-15-22(19-9-11-20(12-10-19)23(25)28)24(26-27)31-16-18-5-3-2-4-6-18/h2-15H,16H2,1H3,(H2,25,28). The lowest BCUT2D eigenvalue weighted by Gasteiger charge is -2.06. The third-order valence-corrected chi connectivity index (χ3v) is 6.47. The lowest BCUT2D eigenvalue weighted by molar-refractivity contribution is 0.100. The van der Waals surface area contributed by atoms with Crippen LogP contribution < -0.4 is 10.5 Å². The monoisotopic (exact) mass is 447 g/mol. The van der Waals surface area contributed by atoms with Gasteiger partial charge in [-0.05, 0) is 42.3 Å². The first-order chi connectivity index (χ1) is 15.3. The Morgan fingerprint density at radius 2 is 1.62 bits per heavy atom. The first kappa shape index (κ1) is 21.3. The van der Waals surface area contributed by atoms with Gasteiger partial charge in [0.2, 0.25) is 11.8 Å². The van der Waals surface area contributed by atoms with Crippen molar-refractivity contribution in [3.63, 3.8) is 0 Å². The van der Waals surface area contributed by atoms with E-state index in [1.807, 2.05) is 37.3 Å². The molecule has 0 aliphatic heterocycles. The molecule has 0 saturated heterocycles. The van der Waals surface area contributed by atoms with Crippen LogP contribution in [0.2, 0.25) is 0 Å². The summed E-state index contributed by atoms with van der Waals surface area (Å²) in [5.74, 6) is -0.383. The molecule has 4 aromatic rings. The van der Waals surface area contributed by atoms with Crippen LogP contribution in [-0.4, -0.2) is 23.5 Å². The van der Waals surface area contributed by atoms with Crippen molar-refractivity contribution >= 4 is 15.9 Å². The summed E-state index contributed by atoms with van der Waals surface area (Å²) in [6, 6.07) is 22.5. The number of amides is 1. The highest BCUT2D eigenvalue weighted by atomic mass is 32.2. The number of ether oxygens (including phenoxy) is 1. The molecule has 0 saturated carbocycles. The molecule has 0 radical (unpaired) electrons. The Bertz CT molecular complexity index is 1340. The van der Waals surface area contributed by atoms with Gasteiger partial charge in [0, 0.05) is 5.56 Å². The lowest BCUT2D eigenvalue weighted by atomic mass is 10.1. The van der Waals surface area contributed by atoms with Gasteiger partial charge < -0.3 is 10.5 Å². The Kier molecular flexibility index (Phi) is 5.79. The predicted octanol–water partition coefficient (Wildman–Crippen LogP) is 3.77. The van der Waals surface area contributed by atoms with Gasteiger partial charge in [-0.25, -0.2) is 0 Å². The van der Waals surface area contributed by atoms with Crippen molar-refractivity contribution in [2.75, 3.05) is 0 Å². The average Bonchev–Trinajstić information content (AvgIpc) is 3.24. The molecule has 1 amide bonds. The van der Waals surface area contributed by atoms with E-state index in [0.717, 1.165) is 15.2 Å². The molecule has 2 N–H and O–H groups in total. The predicted molar refractivity (Wildman–Crippen MR) is 121 cm³/mol. The van der Waals surface area contributed by atoms with E-state index in [9.17, 15) is 13.2 Å². The summed E-state index contributed by atoms with van der Waals surface area (Å²) in [7, 11) is -3.92. The van der Waals surface area contributed by atoms with Crippen LogP contribution in [0.3, 0.4) is 0 Å². The molecule has 32 heavy (non-hydrogen) atoms. The van der Waals surface area contributed by atoms with Crippen molar-refractivity contribution in [3.8, 4) is 17.0 Å². The SMILES string of the molecule is Cc1ccc(S(=O)(=O)n2cc(-c3ccc(C(N)=O)cc3)c(OCc3ccccc3)n2)cc1. The normalized spacial score (nSPS) is 11.3. The average molecular weight is 448 g/mol. The maximum atomic E-state index is 13.1. The summed E-state index contributed by atoms with van der Waals surface area (Å²) in [5.41, 5.74) is 8.66. The number of nitrogens with zero attached hydrogens (tertiary/aromatic N) is 2. The smallest absolute Gasteiger partial charge is 0.283 e. The summed E-state index contributed by atoms with van der Waals surface area (Å²) < 4.78 is 33.1. The highest BCUT2D eigenvalue weighted by molar-refractivity contribution is 7.89. The van der Waals surface area contributed by atoms with Gasteiger partial charge in [-0.3, -0.25) is 4.79 Å². The van der Waals surface area contributed by atoms with Gasteiger partial charge in [0.1, 0.15) is 6.61 Å². The number of carbonyl (C=O) groups is 1. The molecule has 1 heterocycles. The molecule has 0 fully saturated rings. The fourth-order valence-electron chi connectivity index (χ4n) is 3.12. The van der Waals surface area contributed by atoms with E-state index in [1.54, 1.807) is 36.4 Å². The van der Waals surface area contributed by atoms with Gasteiger partial charge >= 0.3 is 0 Å². The Balaban J connectivity index is 1.75. The fraction of sp³-hybridized carbons (Fsp3) is 0.0833. The summed E-state index contributed by atoms with van der Waals surface area (Å²) in [5, 5.41) is 4.24. The maximum Gasteiger partial charge on any atom is 0.283 e. The van der Waals surface area contributed by atoms with Gasteiger partial charge in [0.25, 0.3) is 10.0 Å². The zero-order chi connectivity index (χ0) is 22.7. The Morgan fingerprint density at radius 1 is 0.969 bits per heavy atom. The molecule has 0 aliphatic carbocycles. The largest absolute Gasteiger partial charge is 0.471 e. The molecule has 0 spiro atoms. The van der Waals surface area contributed by atoms with Crippen LogP contribution >= 0.6 is 0 Å². The van der Waals surface area contributed by atoms with Crippen LogP contribution in [0.15, 0.2) is 90.0 Å². The van der Waals surface area contributed by atoms with Crippen molar-refractivity contribution in [2.45, 2.75) is 18.4 Å². The van der Waals surface area contributed by atoms with Gasteiger partial charge in [-0.2, -0.15) is 12.5 Å². The van der Waals surface area contributed by atoms with Crippen LogP contribution in [0, 0.1) is 6.92 Å². The van der Waals surface area contributed by atoms with E-state index in [4.69, 9.17) is 10.5 Å². The summed E-state index contributed by atoms with van der Waals surface area (Å²) >= 11 is 0. The van der Waals surface area contributed by atoms with Gasteiger partial charge in [-0.1, -0.05) is 60.2 Å². The minimum absolute atomic E-state index is 0.121. The number of nitrogens with two attached hydrogens (primary N) is 1. The van der Waals surface area contributed by atoms with Crippen LogP contribution in [0.25, 0.3) is 11.1 Å². The van der Waals surface area contributed by atoms with Crippen LogP contribution in [0.4, 0.5) is 0 Å². The summed E-state index contributed by atoms with van der Waals surface area (Å²) in [6.45, 7) is 2.10. The molecule has 1 aromatic heterocycles. The first-order valence-electron chi connectivity index (χ1n) is 9.83. The Morgan fingerprint density at radius 3 is 2.25 bits per heavy atom. The van der Waals surface area contributed by atoms with Crippen molar-refractivity contribution in [2.24, 2.45) is 5.73 Å². The molecule has 4 rings (SSSR count). The second-order valence-electron chi connectivity index (χ2n) is 7.25. The molecule has 0 atom stereocenters. The van der Waals surface area contributed by atoms with Gasteiger partial charge in [0.15, 0.2) is 0 Å². The molecular formula is C24H21N3O4S. The van der Waals surface area contributed by atoms with E-state index in [-0.39, 0.29) is 17.4 Å². The Hall–Kier alpha value is -3.91. The highest BCUT2D eigenvalue weighted by Gasteiger charge is 2.23. The molecule has 8 heteroatoms. The summed E-state index contributed by atoms with van der Waals surface area (Å²) in [6.07, 6.45) is 1.41. The van der Waals surface area contributed by atoms with Crippen molar-refractivity contribution in [1.29, 1.82) is 0 Å². The van der Waals surface area contributed by atoms with E-state index >= 15 is 0 Å². The highest BCUT2D eigenvalue weighted by Crippen LogP contribution is 2.31. The number of aryl methyl sites for hydroxylation is 1. The Labute approximate surface area is 186 Å². The third kappa shape index (κ3) is 4.40. The molecule has 7 nitrogen and oxygen atoms in total. The second-order valence-corrected chi connectivity index (χ2v) is 9.05. The third-order valence-electron chi connectivity index (χ3n) is 4.92. The summed E-state index contributed by atoms with van der Waals surface area (Å²) in [4.78, 5) is 11.5. The van der Waals surface area contributed by atoms with Gasteiger partial charge in [-0.15, -0.1) is 5.10 Å². The zero-order valence-corrected chi connectivity index (χ0v) is 18.1. The molecular weight excluding hydrogens is 426 g/mol. The van der Waals surface area contributed by atoms with Gasteiger partial charge in [0.05, 0.1) is 16.7 Å². The van der Waals surface area contributed by atoms with Crippen LogP contribution in [0.5, 0.6) is 5.88 Å². The molecule has 0 bridgehead atoms. The fourth-order valence-corrected chi connectivity index (χ4v) is 4.25. The second kappa shape index (κ2) is 8.68.